The number of hydrogen-bond donors (Lipinski definition) is 1. The number of rotatable bonds is 2. The number of ether oxygens (including phenoxy) is 2. The summed E-state index contributed by atoms with van der Waals surface area (Å²) in [5.74, 6) is -1.52. The van der Waals surface area contributed by atoms with E-state index in [1.807, 2.05) is 0 Å². The molecule has 1 aliphatic carbocycles. The predicted molar refractivity (Wildman–Crippen MR) is 60.2 cm³/mol. The van der Waals surface area contributed by atoms with E-state index in [9.17, 15) is 14.4 Å². The summed E-state index contributed by atoms with van der Waals surface area (Å²) in [6, 6.07) is -0.545. The highest BCUT2D eigenvalue weighted by Crippen LogP contribution is 2.49. The molecule has 0 radical (unpaired) electrons. The van der Waals surface area contributed by atoms with Gasteiger partial charge in [0.2, 0.25) is 5.91 Å². The number of carbonyl (C=O) groups excluding carboxylic acids is 3. The quantitative estimate of drug-likeness (QED) is 0.682. The van der Waals surface area contributed by atoms with Gasteiger partial charge in [-0.2, -0.15) is 0 Å². The molecular formula is C12H13NO5. The molecule has 96 valence electrons. The van der Waals surface area contributed by atoms with Crippen molar-refractivity contribution in [3.05, 3.63) is 23.3 Å². The lowest BCUT2D eigenvalue weighted by Gasteiger charge is -2.48. The van der Waals surface area contributed by atoms with Crippen molar-refractivity contribution in [2.45, 2.75) is 13.0 Å². The molecule has 1 aliphatic heterocycles. The van der Waals surface area contributed by atoms with Gasteiger partial charge in [-0.1, -0.05) is 6.08 Å². The summed E-state index contributed by atoms with van der Waals surface area (Å²) < 4.78 is 9.30. The minimum atomic E-state index is -0.718. The summed E-state index contributed by atoms with van der Waals surface area (Å²) in [5, 5.41) is 2.64. The monoisotopic (exact) mass is 251 g/mol. The van der Waals surface area contributed by atoms with Crippen molar-refractivity contribution in [2.24, 2.45) is 5.41 Å². The second-order valence-corrected chi connectivity index (χ2v) is 4.33. The maximum Gasteiger partial charge on any atom is 0.336 e. The summed E-state index contributed by atoms with van der Waals surface area (Å²) in [7, 11) is 2.46. The molecule has 18 heavy (non-hydrogen) atoms. The van der Waals surface area contributed by atoms with Crippen LogP contribution >= 0.6 is 0 Å². The van der Waals surface area contributed by atoms with Gasteiger partial charge < -0.3 is 14.8 Å². The second kappa shape index (κ2) is 3.97. The molecular weight excluding hydrogens is 238 g/mol. The second-order valence-electron chi connectivity index (χ2n) is 4.33. The minimum Gasteiger partial charge on any atom is -0.466 e. The lowest BCUT2D eigenvalue weighted by atomic mass is 9.59. The van der Waals surface area contributed by atoms with Crippen LogP contribution in [0.5, 0.6) is 0 Å². The van der Waals surface area contributed by atoms with Gasteiger partial charge in [0.1, 0.15) is 0 Å². The average molecular weight is 251 g/mol. The zero-order valence-corrected chi connectivity index (χ0v) is 10.3. The van der Waals surface area contributed by atoms with Crippen molar-refractivity contribution in [1.82, 2.24) is 5.32 Å². The van der Waals surface area contributed by atoms with Crippen LogP contribution < -0.4 is 5.32 Å². The minimum absolute atomic E-state index is 0.157. The fourth-order valence-corrected chi connectivity index (χ4v) is 2.40. The third kappa shape index (κ3) is 1.45. The topological polar surface area (TPSA) is 81.7 Å². The van der Waals surface area contributed by atoms with E-state index in [1.165, 1.54) is 20.3 Å². The van der Waals surface area contributed by atoms with E-state index in [0.717, 1.165) is 0 Å². The van der Waals surface area contributed by atoms with Crippen LogP contribution in [-0.2, 0) is 23.9 Å². The molecule has 6 heteroatoms. The van der Waals surface area contributed by atoms with E-state index in [-0.39, 0.29) is 17.1 Å². The Hall–Kier alpha value is -2.11. The van der Waals surface area contributed by atoms with E-state index >= 15 is 0 Å². The van der Waals surface area contributed by atoms with Crippen molar-refractivity contribution in [3.8, 4) is 0 Å². The fraction of sp³-hybridized carbons (Fsp3) is 0.417. The molecule has 0 aromatic carbocycles. The van der Waals surface area contributed by atoms with Crippen LogP contribution in [0.2, 0.25) is 0 Å². The van der Waals surface area contributed by atoms with Crippen molar-refractivity contribution >= 4 is 17.8 Å². The number of methoxy groups -OCH3 is 2. The van der Waals surface area contributed by atoms with Crippen molar-refractivity contribution < 1.29 is 23.9 Å². The molecule has 0 bridgehead atoms. The standard InChI is InChI=1S/C12H13NO5/c1-12-5-4-6(14)13-9(12)7(10(15)17-2)8(12)11(16)18-3/h4-5,9H,1-3H3,(H,13,14)/t9-,12+/m1/s1. The first kappa shape index (κ1) is 12.3. The van der Waals surface area contributed by atoms with Crippen molar-refractivity contribution in [1.29, 1.82) is 0 Å². The highest BCUT2D eigenvalue weighted by atomic mass is 16.5. The van der Waals surface area contributed by atoms with Crippen LogP contribution in [0.4, 0.5) is 0 Å². The first-order valence-electron chi connectivity index (χ1n) is 5.36. The fourth-order valence-electron chi connectivity index (χ4n) is 2.40. The number of amides is 1. The third-order valence-electron chi connectivity index (χ3n) is 3.36. The zero-order chi connectivity index (χ0) is 13.5. The van der Waals surface area contributed by atoms with Crippen LogP contribution in [0.3, 0.4) is 0 Å². The Balaban J connectivity index is 2.52. The molecule has 2 atom stereocenters. The summed E-state index contributed by atoms with van der Waals surface area (Å²) in [5.41, 5.74) is -0.326. The van der Waals surface area contributed by atoms with Crippen molar-refractivity contribution in [2.75, 3.05) is 14.2 Å². The summed E-state index contributed by atoms with van der Waals surface area (Å²) in [6.45, 7) is 1.76. The van der Waals surface area contributed by atoms with E-state index in [0.29, 0.717) is 0 Å². The molecule has 0 fully saturated rings. The Bertz CT molecular complexity index is 505. The van der Waals surface area contributed by atoms with Gasteiger partial charge in [0, 0.05) is 5.41 Å². The zero-order valence-electron chi connectivity index (χ0n) is 10.3. The smallest absolute Gasteiger partial charge is 0.336 e. The number of fused-ring (bicyclic) bond motifs is 1. The Morgan fingerprint density at radius 1 is 1.28 bits per heavy atom. The molecule has 0 unspecified atom stereocenters. The number of nitrogens with one attached hydrogen (secondary N) is 1. The highest BCUT2D eigenvalue weighted by molar-refractivity contribution is 6.08. The van der Waals surface area contributed by atoms with Gasteiger partial charge in [-0.3, -0.25) is 4.79 Å². The highest BCUT2D eigenvalue weighted by Gasteiger charge is 2.57. The lowest BCUT2D eigenvalue weighted by Crippen LogP contribution is -2.60. The lowest BCUT2D eigenvalue weighted by molar-refractivity contribution is -0.143. The summed E-state index contributed by atoms with van der Waals surface area (Å²) in [6.07, 6.45) is 2.95. The third-order valence-corrected chi connectivity index (χ3v) is 3.36. The first-order valence-corrected chi connectivity index (χ1v) is 5.36. The number of hydrogen-bond acceptors (Lipinski definition) is 5. The summed E-state index contributed by atoms with van der Waals surface area (Å²) >= 11 is 0. The Labute approximate surface area is 104 Å². The van der Waals surface area contributed by atoms with Crippen LogP contribution in [0.1, 0.15) is 6.92 Å². The van der Waals surface area contributed by atoms with Gasteiger partial charge in [-0.15, -0.1) is 0 Å². The SMILES string of the molecule is COC(=O)C1=C(C(=O)OC)[C@]2(C)C=CC(=O)N[C@H]12. The van der Waals surface area contributed by atoms with Gasteiger partial charge in [0.25, 0.3) is 0 Å². The molecule has 1 amide bonds. The van der Waals surface area contributed by atoms with Gasteiger partial charge in [-0.25, -0.2) is 9.59 Å². The van der Waals surface area contributed by atoms with E-state index in [1.54, 1.807) is 13.0 Å². The van der Waals surface area contributed by atoms with Crippen LogP contribution in [0, 0.1) is 5.41 Å². The molecule has 0 saturated carbocycles. The largest absolute Gasteiger partial charge is 0.466 e. The first-order chi connectivity index (χ1) is 8.45. The van der Waals surface area contributed by atoms with Crippen molar-refractivity contribution in [3.63, 3.8) is 0 Å². The molecule has 0 aromatic heterocycles. The molecule has 2 rings (SSSR count). The molecule has 2 aliphatic rings. The van der Waals surface area contributed by atoms with Gasteiger partial charge in [0.05, 0.1) is 31.4 Å². The maximum absolute atomic E-state index is 11.7. The van der Waals surface area contributed by atoms with Gasteiger partial charge in [0.15, 0.2) is 0 Å². The molecule has 1 N–H and O–H groups in total. The van der Waals surface area contributed by atoms with E-state index in [4.69, 9.17) is 0 Å². The van der Waals surface area contributed by atoms with E-state index in [2.05, 4.69) is 14.8 Å². The summed E-state index contributed by atoms with van der Waals surface area (Å²) in [4.78, 5) is 34.7. The predicted octanol–water partition coefficient (Wildman–Crippen LogP) is -0.297. The molecule has 0 saturated heterocycles. The Kier molecular flexibility index (Phi) is 2.73. The molecule has 1 heterocycles. The Morgan fingerprint density at radius 3 is 2.44 bits per heavy atom. The van der Waals surface area contributed by atoms with Crippen LogP contribution in [0.25, 0.3) is 0 Å². The molecule has 6 nitrogen and oxygen atoms in total. The normalized spacial score (nSPS) is 29.1. The van der Waals surface area contributed by atoms with Crippen LogP contribution in [-0.4, -0.2) is 38.1 Å². The number of carbonyl (C=O) groups is 3. The average Bonchev–Trinajstić information content (AvgIpc) is 2.36. The maximum atomic E-state index is 11.7. The Morgan fingerprint density at radius 2 is 1.89 bits per heavy atom. The van der Waals surface area contributed by atoms with E-state index < -0.39 is 23.4 Å². The van der Waals surface area contributed by atoms with Crippen LogP contribution in [0.15, 0.2) is 23.3 Å². The molecule has 0 aromatic rings. The molecule has 0 spiro atoms. The van der Waals surface area contributed by atoms with Gasteiger partial charge in [-0.05, 0) is 13.0 Å². The van der Waals surface area contributed by atoms with Gasteiger partial charge >= 0.3 is 11.9 Å². The number of esters is 2.